The predicted molar refractivity (Wildman–Crippen MR) is 138 cm³/mol. The molecule has 0 saturated carbocycles. The third-order valence-corrected chi connectivity index (χ3v) is 8.88. The van der Waals surface area contributed by atoms with Crippen molar-refractivity contribution in [3.63, 3.8) is 0 Å². The van der Waals surface area contributed by atoms with E-state index in [-0.39, 0.29) is 11.8 Å². The quantitative estimate of drug-likeness (QED) is 0.272. The molecule has 1 fully saturated rings. The first kappa shape index (κ1) is 25.0. The van der Waals surface area contributed by atoms with E-state index in [0.717, 1.165) is 53.9 Å². The zero-order chi connectivity index (χ0) is 23.9. The van der Waals surface area contributed by atoms with Crippen LogP contribution in [0.1, 0.15) is 37.4 Å². The molecule has 4 rings (SSSR count). The van der Waals surface area contributed by atoms with Gasteiger partial charge < -0.3 is 19.8 Å². The maximum atomic E-state index is 12.0. The molecule has 3 atom stereocenters. The molecule has 3 heterocycles. The lowest BCUT2D eigenvalue weighted by Gasteiger charge is -2.37. The third kappa shape index (κ3) is 6.30. The topological polar surface area (TPSA) is 82.9 Å². The van der Waals surface area contributed by atoms with Crippen LogP contribution in [0.4, 0.5) is 0 Å². The molecule has 3 aromatic rings. The first-order valence-electron chi connectivity index (χ1n) is 11.8. The molecular formula is C26H32N2O4S2. The average Bonchev–Trinajstić information content (AvgIpc) is 3.38. The number of nitrogens with zero attached hydrogens (tertiary/aromatic N) is 2. The number of hydrogen-bond acceptors (Lipinski definition) is 7. The number of aliphatic hydroxyl groups is 1. The largest absolute Gasteiger partial charge is 0.497 e. The van der Waals surface area contributed by atoms with E-state index in [1.165, 1.54) is 4.21 Å². The van der Waals surface area contributed by atoms with Crippen molar-refractivity contribution in [3.8, 4) is 5.75 Å². The number of pyridine rings is 1. The number of methoxy groups -OCH3 is 1. The van der Waals surface area contributed by atoms with E-state index in [2.05, 4.69) is 27.4 Å². The van der Waals surface area contributed by atoms with Gasteiger partial charge in [0, 0.05) is 23.9 Å². The summed E-state index contributed by atoms with van der Waals surface area (Å²) >= 11 is 3.63. The SMILES string of the molecule is COc1ccc2nccc(C(O)CC[C@@H]3CCN(CCCSc4cccs4)C[C@@H]3C(=O)O)c2c1. The number of aromatic nitrogens is 1. The highest BCUT2D eigenvalue weighted by molar-refractivity contribution is 8.01. The lowest BCUT2D eigenvalue weighted by Crippen LogP contribution is -2.44. The van der Waals surface area contributed by atoms with Crippen molar-refractivity contribution in [2.75, 3.05) is 32.5 Å². The van der Waals surface area contributed by atoms with Gasteiger partial charge in [-0.05, 0) is 86.0 Å². The zero-order valence-electron chi connectivity index (χ0n) is 19.4. The Morgan fingerprint density at radius 1 is 1.35 bits per heavy atom. The normalized spacial score (nSPS) is 19.8. The molecule has 1 aromatic carbocycles. The van der Waals surface area contributed by atoms with Crippen LogP contribution in [0.15, 0.2) is 52.2 Å². The van der Waals surface area contributed by atoms with E-state index in [0.29, 0.717) is 19.4 Å². The van der Waals surface area contributed by atoms with Gasteiger partial charge in [0.2, 0.25) is 0 Å². The minimum atomic E-state index is -0.726. The van der Waals surface area contributed by atoms with Gasteiger partial charge in [-0.25, -0.2) is 0 Å². The Morgan fingerprint density at radius 3 is 3.00 bits per heavy atom. The molecule has 8 heteroatoms. The van der Waals surface area contributed by atoms with Crippen LogP contribution in [-0.4, -0.2) is 58.6 Å². The number of thiophene rings is 1. The average molecular weight is 501 g/mol. The van der Waals surface area contributed by atoms with Crippen LogP contribution in [0.5, 0.6) is 5.75 Å². The van der Waals surface area contributed by atoms with Crippen LogP contribution in [0, 0.1) is 11.8 Å². The molecule has 1 saturated heterocycles. The van der Waals surface area contributed by atoms with Gasteiger partial charge in [-0.2, -0.15) is 0 Å². The fraction of sp³-hybridized carbons (Fsp3) is 0.462. The van der Waals surface area contributed by atoms with Crippen molar-refractivity contribution in [1.82, 2.24) is 9.88 Å². The van der Waals surface area contributed by atoms with Crippen molar-refractivity contribution < 1.29 is 19.7 Å². The molecule has 0 amide bonds. The molecule has 2 N–H and O–H groups in total. The summed E-state index contributed by atoms with van der Waals surface area (Å²) in [7, 11) is 1.62. The van der Waals surface area contributed by atoms with E-state index in [1.807, 2.05) is 36.0 Å². The number of carboxylic acids is 1. The molecule has 0 aliphatic carbocycles. The molecule has 1 aliphatic heterocycles. The standard InChI is InChI=1S/C26H32N2O4S2/c1-32-19-6-7-23-21(16-19)20(9-11-27-23)24(29)8-5-18-10-13-28(17-22(18)26(30)31)12-3-15-34-25-4-2-14-33-25/h2,4,6-7,9,11,14,16,18,22,24,29H,3,5,8,10,12-13,15,17H2,1H3,(H,30,31)/t18-,22+,24?/m1/s1. The monoisotopic (exact) mass is 500 g/mol. The van der Waals surface area contributed by atoms with E-state index < -0.39 is 12.1 Å². The smallest absolute Gasteiger partial charge is 0.308 e. The number of ether oxygens (including phenoxy) is 1. The molecule has 182 valence electrons. The Morgan fingerprint density at radius 2 is 2.24 bits per heavy atom. The molecule has 0 spiro atoms. The number of benzene rings is 1. The highest BCUT2D eigenvalue weighted by Crippen LogP contribution is 2.34. The highest BCUT2D eigenvalue weighted by Gasteiger charge is 2.34. The fourth-order valence-electron chi connectivity index (χ4n) is 4.79. The van der Waals surface area contributed by atoms with Gasteiger partial charge in [0.25, 0.3) is 0 Å². The minimum Gasteiger partial charge on any atom is -0.497 e. The van der Waals surface area contributed by atoms with Gasteiger partial charge in [0.05, 0.1) is 28.9 Å². The Hall–Kier alpha value is -2.13. The molecule has 34 heavy (non-hydrogen) atoms. The van der Waals surface area contributed by atoms with Gasteiger partial charge in [0.1, 0.15) is 5.75 Å². The second-order valence-electron chi connectivity index (χ2n) is 8.80. The van der Waals surface area contributed by atoms with E-state index >= 15 is 0 Å². The minimum absolute atomic E-state index is 0.0755. The summed E-state index contributed by atoms with van der Waals surface area (Å²) in [5.41, 5.74) is 1.63. The summed E-state index contributed by atoms with van der Waals surface area (Å²) in [6.07, 6.45) is 4.17. The highest BCUT2D eigenvalue weighted by atomic mass is 32.2. The fourth-order valence-corrected chi connectivity index (χ4v) is 6.58. The summed E-state index contributed by atoms with van der Waals surface area (Å²) in [6.45, 7) is 2.45. The Balaban J connectivity index is 1.31. The van der Waals surface area contributed by atoms with E-state index in [1.54, 1.807) is 24.6 Å². The summed E-state index contributed by atoms with van der Waals surface area (Å²) in [4.78, 5) is 18.7. The Labute approximate surface area is 209 Å². The second kappa shape index (κ2) is 12.0. The number of piperidine rings is 1. The Bertz CT molecular complexity index is 1080. The number of aliphatic carboxylic acids is 1. The van der Waals surface area contributed by atoms with Crippen molar-refractivity contribution >= 4 is 40.0 Å². The van der Waals surface area contributed by atoms with Crippen molar-refractivity contribution in [2.45, 2.75) is 36.0 Å². The molecule has 1 unspecified atom stereocenters. The maximum absolute atomic E-state index is 12.0. The molecule has 0 bridgehead atoms. The van der Waals surface area contributed by atoms with Crippen molar-refractivity contribution in [2.24, 2.45) is 11.8 Å². The molecule has 6 nitrogen and oxygen atoms in total. The van der Waals surface area contributed by atoms with Crippen LogP contribution >= 0.6 is 23.1 Å². The number of carbonyl (C=O) groups is 1. The van der Waals surface area contributed by atoms with E-state index in [9.17, 15) is 15.0 Å². The number of aliphatic hydroxyl groups excluding tert-OH is 1. The Kier molecular flexibility index (Phi) is 8.83. The second-order valence-corrected chi connectivity index (χ2v) is 11.1. The molecule has 0 radical (unpaired) electrons. The number of carboxylic acid groups (broad SMARTS) is 1. The van der Waals surface area contributed by atoms with Crippen LogP contribution < -0.4 is 4.74 Å². The lowest BCUT2D eigenvalue weighted by atomic mass is 9.81. The maximum Gasteiger partial charge on any atom is 0.308 e. The predicted octanol–water partition coefficient (Wildman–Crippen LogP) is 5.32. The zero-order valence-corrected chi connectivity index (χ0v) is 21.1. The lowest BCUT2D eigenvalue weighted by molar-refractivity contribution is -0.146. The van der Waals surface area contributed by atoms with Gasteiger partial charge in [-0.3, -0.25) is 9.78 Å². The number of thioether (sulfide) groups is 1. The number of fused-ring (bicyclic) bond motifs is 1. The van der Waals surface area contributed by atoms with Gasteiger partial charge in [0.15, 0.2) is 0 Å². The van der Waals surface area contributed by atoms with Gasteiger partial charge >= 0.3 is 5.97 Å². The molecule has 1 aliphatic rings. The van der Waals surface area contributed by atoms with Crippen LogP contribution in [-0.2, 0) is 4.79 Å². The van der Waals surface area contributed by atoms with Gasteiger partial charge in [-0.15, -0.1) is 23.1 Å². The summed E-state index contributed by atoms with van der Waals surface area (Å²) in [5, 5.41) is 23.8. The van der Waals surface area contributed by atoms with Crippen LogP contribution in [0.2, 0.25) is 0 Å². The first-order chi connectivity index (χ1) is 16.5. The molecule has 2 aromatic heterocycles. The molecular weight excluding hydrogens is 468 g/mol. The third-order valence-electron chi connectivity index (χ3n) is 6.67. The van der Waals surface area contributed by atoms with Crippen LogP contribution in [0.25, 0.3) is 10.9 Å². The summed E-state index contributed by atoms with van der Waals surface area (Å²) in [5.74, 6) is 0.735. The van der Waals surface area contributed by atoms with Gasteiger partial charge in [-0.1, -0.05) is 6.07 Å². The number of rotatable bonds is 11. The number of hydrogen-bond donors (Lipinski definition) is 2. The van der Waals surface area contributed by atoms with E-state index in [4.69, 9.17) is 4.74 Å². The summed E-state index contributed by atoms with van der Waals surface area (Å²) < 4.78 is 6.67. The summed E-state index contributed by atoms with van der Waals surface area (Å²) in [6, 6.07) is 11.7. The number of likely N-dealkylation sites (tertiary alicyclic amines) is 1. The first-order valence-corrected chi connectivity index (χ1v) is 13.6. The van der Waals surface area contributed by atoms with Crippen LogP contribution in [0.3, 0.4) is 0 Å². The van der Waals surface area contributed by atoms with Crippen molar-refractivity contribution in [3.05, 3.63) is 53.5 Å². The van der Waals surface area contributed by atoms with Crippen molar-refractivity contribution in [1.29, 1.82) is 0 Å².